The quantitative estimate of drug-likeness (QED) is 0.752. The van der Waals surface area contributed by atoms with Crippen LogP contribution in [0, 0.1) is 0 Å². The Kier molecular flexibility index (Phi) is 4.98. The van der Waals surface area contributed by atoms with Crippen molar-refractivity contribution in [3.05, 3.63) is 65.2 Å². The largest absolute Gasteiger partial charge is 0.482 e. The second-order valence-corrected chi connectivity index (χ2v) is 5.61. The zero-order valence-electron chi connectivity index (χ0n) is 12.3. The molecule has 0 spiro atoms. The van der Waals surface area contributed by atoms with Gasteiger partial charge in [-0.3, -0.25) is 4.79 Å². The summed E-state index contributed by atoms with van der Waals surface area (Å²) in [5.74, 6) is 0.0162. The molecule has 0 saturated carbocycles. The molecule has 1 aromatic heterocycles. The maximum atomic E-state index is 12.1. The Balaban J connectivity index is 1.69. The van der Waals surface area contributed by atoms with Gasteiger partial charge in [-0.2, -0.15) is 5.10 Å². The lowest BCUT2D eigenvalue weighted by molar-refractivity contribution is -0.118. The average Bonchev–Trinajstić information content (AvgIpc) is 3.10. The fraction of sp³-hybridized carbons (Fsp3) is 0.0625. The minimum absolute atomic E-state index is 0.203. The Labute approximate surface area is 148 Å². The summed E-state index contributed by atoms with van der Waals surface area (Å²) in [6.07, 6.45) is 2.97. The highest BCUT2D eigenvalue weighted by molar-refractivity contribution is 6.34. The summed E-state index contributed by atoms with van der Waals surface area (Å²) in [6, 6.07) is 12.0. The van der Waals surface area contributed by atoms with Crippen LogP contribution in [0.5, 0.6) is 5.75 Å². The van der Waals surface area contributed by atoms with Crippen LogP contribution in [0.3, 0.4) is 0 Å². The first-order chi connectivity index (χ1) is 11.6. The molecule has 2 aromatic carbocycles. The SMILES string of the molecule is O=C(COc1cc(Cl)ccc1Cl)Nc1ccccc1-n1cncn1. The lowest BCUT2D eigenvalue weighted by Gasteiger charge is -2.12. The fourth-order valence-corrected chi connectivity index (χ4v) is 2.36. The molecular formula is C16H12Cl2N4O2. The summed E-state index contributed by atoms with van der Waals surface area (Å²) in [7, 11) is 0. The highest BCUT2D eigenvalue weighted by Crippen LogP contribution is 2.27. The van der Waals surface area contributed by atoms with Crippen LogP contribution in [0.2, 0.25) is 10.0 Å². The minimum Gasteiger partial charge on any atom is -0.482 e. The Morgan fingerprint density at radius 2 is 2.04 bits per heavy atom. The molecular weight excluding hydrogens is 351 g/mol. The molecule has 0 saturated heterocycles. The van der Waals surface area contributed by atoms with Gasteiger partial charge in [0.1, 0.15) is 18.4 Å². The van der Waals surface area contributed by atoms with E-state index in [1.165, 1.54) is 6.33 Å². The number of hydrogen-bond acceptors (Lipinski definition) is 4. The standard InChI is InChI=1S/C16H12Cl2N4O2/c17-11-5-6-12(18)15(7-11)24-8-16(23)21-13-3-1-2-4-14(13)22-10-19-9-20-22/h1-7,9-10H,8H2,(H,21,23). The molecule has 0 aliphatic rings. The Bertz CT molecular complexity index is 853. The van der Waals surface area contributed by atoms with E-state index in [4.69, 9.17) is 27.9 Å². The van der Waals surface area contributed by atoms with Gasteiger partial charge >= 0.3 is 0 Å². The summed E-state index contributed by atoms with van der Waals surface area (Å²) >= 11 is 11.9. The predicted octanol–water partition coefficient (Wildman–Crippen LogP) is 3.59. The van der Waals surface area contributed by atoms with Crippen LogP contribution in [-0.2, 0) is 4.79 Å². The lowest BCUT2D eigenvalue weighted by atomic mass is 10.2. The third kappa shape index (κ3) is 3.84. The van der Waals surface area contributed by atoms with E-state index in [0.29, 0.717) is 27.2 Å². The maximum Gasteiger partial charge on any atom is 0.262 e. The van der Waals surface area contributed by atoms with E-state index in [-0.39, 0.29) is 12.5 Å². The highest BCUT2D eigenvalue weighted by Gasteiger charge is 2.10. The van der Waals surface area contributed by atoms with Gasteiger partial charge < -0.3 is 10.1 Å². The summed E-state index contributed by atoms with van der Waals surface area (Å²) < 4.78 is 6.98. The number of nitrogens with one attached hydrogen (secondary N) is 1. The van der Waals surface area contributed by atoms with E-state index in [9.17, 15) is 4.79 Å². The van der Waals surface area contributed by atoms with E-state index < -0.39 is 0 Å². The average molecular weight is 363 g/mol. The zero-order valence-corrected chi connectivity index (χ0v) is 13.8. The van der Waals surface area contributed by atoms with Crippen molar-refractivity contribution in [2.24, 2.45) is 0 Å². The van der Waals surface area contributed by atoms with Gasteiger partial charge in [0.05, 0.1) is 16.4 Å². The first kappa shape index (κ1) is 16.3. The molecule has 0 fully saturated rings. The normalized spacial score (nSPS) is 10.4. The van der Waals surface area contributed by atoms with Crippen molar-refractivity contribution < 1.29 is 9.53 Å². The van der Waals surface area contributed by atoms with Gasteiger partial charge in [0.25, 0.3) is 5.91 Å². The summed E-state index contributed by atoms with van der Waals surface area (Å²) in [5.41, 5.74) is 1.29. The summed E-state index contributed by atoms with van der Waals surface area (Å²) in [4.78, 5) is 16.0. The second kappa shape index (κ2) is 7.33. The van der Waals surface area contributed by atoms with Crippen LogP contribution in [0.25, 0.3) is 5.69 Å². The molecule has 1 heterocycles. The van der Waals surface area contributed by atoms with E-state index in [2.05, 4.69) is 15.4 Å². The molecule has 0 aliphatic carbocycles. The number of amides is 1. The first-order valence-corrected chi connectivity index (χ1v) is 7.71. The van der Waals surface area contributed by atoms with Crippen LogP contribution >= 0.6 is 23.2 Å². The van der Waals surface area contributed by atoms with Crippen molar-refractivity contribution in [3.8, 4) is 11.4 Å². The number of carbonyl (C=O) groups excluding carboxylic acids is 1. The molecule has 3 aromatic rings. The number of carbonyl (C=O) groups is 1. The predicted molar refractivity (Wildman–Crippen MR) is 91.9 cm³/mol. The van der Waals surface area contributed by atoms with Gasteiger partial charge in [-0.1, -0.05) is 35.3 Å². The smallest absolute Gasteiger partial charge is 0.262 e. The van der Waals surface area contributed by atoms with Crippen LogP contribution < -0.4 is 10.1 Å². The van der Waals surface area contributed by atoms with Crippen molar-refractivity contribution in [1.82, 2.24) is 14.8 Å². The molecule has 0 bridgehead atoms. The number of benzene rings is 2. The molecule has 0 radical (unpaired) electrons. The minimum atomic E-state index is -0.335. The zero-order chi connectivity index (χ0) is 16.9. The van der Waals surface area contributed by atoms with Gasteiger partial charge in [-0.05, 0) is 24.3 Å². The lowest BCUT2D eigenvalue weighted by Crippen LogP contribution is -2.21. The molecule has 8 heteroatoms. The van der Waals surface area contributed by atoms with E-state index >= 15 is 0 Å². The van der Waals surface area contributed by atoms with Gasteiger partial charge in [0.2, 0.25) is 0 Å². The van der Waals surface area contributed by atoms with Crippen LogP contribution in [0.4, 0.5) is 5.69 Å². The van der Waals surface area contributed by atoms with Crippen molar-refractivity contribution in [2.45, 2.75) is 0 Å². The number of rotatable bonds is 5. The Morgan fingerprint density at radius 1 is 1.21 bits per heavy atom. The topological polar surface area (TPSA) is 69.0 Å². The van der Waals surface area contributed by atoms with E-state index in [1.54, 1.807) is 35.3 Å². The van der Waals surface area contributed by atoms with Crippen molar-refractivity contribution >= 4 is 34.8 Å². The fourth-order valence-electron chi connectivity index (χ4n) is 2.03. The second-order valence-electron chi connectivity index (χ2n) is 4.77. The summed E-state index contributed by atoms with van der Waals surface area (Å²) in [6.45, 7) is -0.203. The molecule has 0 unspecified atom stereocenters. The number of anilines is 1. The molecule has 6 nitrogen and oxygen atoms in total. The first-order valence-electron chi connectivity index (χ1n) is 6.95. The number of aromatic nitrogens is 3. The number of hydrogen-bond donors (Lipinski definition) is 1. The van der Waals surface area contributed by atoms with Gasteiger partial charge in [-0.15, -0.1) is 0 Å². The van der Waals surface area contributed by atoms with Crippen LogP contribution in [-0.4, -0.2) is 27.3 Å². The van der Waals surface area contributed by atoms with Crippen LogP contribution in [0.1, 0.15) is 0 Å². The number of para-hydroxylation sites is 2. The maximum absolute atomic E-state index is 12.1. The van der Waals surface area contributed by atoms with E-state index in [1.807, 2.05) is 18.2 Å². The third-order valence-electron chi connectivity index (χ3n) is 3.10. The van der Waals surface area contributed by atoms with Crippen LogP contribution in [0.15, 0.2) is 55.1 Å². The van der Waals surface area contributed by atoms with E-state index in [0.717, 1.165) is 0 Å². The third-order valence-corrected chi connectivity index (χ3v) is 3.64. The van der Waals surface area contributed by atoms with Crippen molar-refractivity contribution in [3.63, 3.8) is 0 Å². The number of halogens is 2. The van der Waals surface area contributed by atoms with Gasteiger partial charge in [0, 0.05) is 11.1 Å². The van der Waals surface area contributed by atoms with Gasteiger partial charge in [0.15, 0.2) is 6.61 Å². The van der Waals surface area contributed by atoms with Gasteiger partial charge in [-0.25, -0.2) is 9.67 Å². The Hall–Kier alpha value is -2.57. The number of ether oxygens (including phenoxy) is 1. The summed E-state index contributed by atoms with van der Waals surface area (Å²) in [5, 5.41) is 7.70. The monoisotopic (exact) mass is 362 g/mol. The Morgan fingerprint density at radius 3 is 2.83 bits per heavy atom. The molecule has 24 heavy (non-hydrogen) atoms. The molecule has 0 aliphatic heterocycles. The molecule has 3 rings (SSSR count). The molecule has 1 amide bonds. The molecule has 0 atom stereocenters. The molecule has 1 N–H and O–H groups in total. The van der Waals surface area contributed by atoms with Crippen molar-refractivity contribution in [2.75, 3.05) is 11.9 Å². The van der Waals surface area contributed by atoms with Crippen molar-refractivity contribution in [1.29, 1.82) is 0 Å². The molecule has 122 valence electrons. The highest BCUT2D eigenvalue weighted by atomic mass is 35.5. The number of nitrogens with zero attached hydrogens (tertiary/aromatic N) is 3.